The molecule has 224 valence electrons. The molecule has 9 heteroatoms. The monoisotopic (exact) mass is 575 g/mol. The van der Waals surface area contributed by atoms with Gasteiger partial charge in [0.05, 0.1) is 30.2 Å². The molecule has 1 amide bonds. The molecule has 3 aromatic rings. The van der Waals surface area contributed by atoms with Crippen LogP contribution in [0.3, 0.4) is 0 Å². The van der Waals surface area contributed by atoms with E-state index >= 15 is 0 Å². The molecule has 4 rings (SSSR count). The Morgan fingerprint density at radius 1 is 0.952 bits per heavy atom. The van der Waals surface area contributed by atoms with Crippen LogP contribution in [0.15, 0.2) is 48.5 Å². The van der Waals surface area contributed by atoms with Crippen molar-refractivity contribution in [3.05, 3.63) is 76.9 Å². The summed E-state index contributed by atoms with van der Waals surface area (Å²) in [7, 11) is 0. The zero-order valence-corrected chi connectivity index (χ0v) is 25.4. The highest BCUT2D eigenvalue weighted by molar-refractivity contribution is 5.97. The molecular formula is C33H41N3O6. The molecule has 0 saturated carbocycles. The number of hydrogen-bond donors (Lipinski definition) is 0. The fraction of sp³-hybridized carbons (Fsp3) is 0.455. The number of carbonyl (C=O) groups is 3. The van der Waals surface area contributed by atoms with Gasteiger partial charge in [0, 0.05) is 25.9 Å². The van der Waals surface area contributed by atoms with Gasteiger partial charge in [-0.25, -0.2) is 19.4 Å². The smallest absolute Gasteiger partial charge is 0.410 e. The number of aryl methyl sites for hydroxylation is 1. The minimum Gasteiger partial charge on any atom is -0.464 e. The molecule has 0 N–H and O–H groups in total. The van der Waals surface area contributed by atoms with E-state index in [-0.39, 0.29) is 19.2 Å². The molecule has 9 nitrogen and oxygen atoms in total. The molecule has 2 heterocycles. The van der Waals surface area contributed by atoms with Crippen molar-refractivity contribution < 1.29 is 28.6 Å². The van der Waals surface area contributed by atoms with Crippen molar-refractivity contribution in [2.24, 2.45) is 0 Å². The lowest BCUT2D eigenvalue weighted by Gasteiger charge is -2.33. The first kappa shape index (κ1) is 30.8. The van der Waals surface area contributed by atoms with E-state index in [1.54, 1.807) is 19.9 Å². The van der Waals surface area contributed by atoms with E-state index in [4.69, 9.17) is 19.2 Å². The van der Waals surface area contributed by atoms with E-state index in [1.165, 1.54) is 4.90 Å². The summed E-state index contributed by atoms with van der Waals surface area (Å²) < 4.78 is 18.4. The predicted octanol–water partition coefficient (Wildman–Crippen LogP) is 6.13. The zero-order valence-electron chi connectivity index (χ0n) is 25.4. The summed E-state index contributed by atoms with van der Waals surface area (Å²) in [6, 6.07) is 14.5. The Balaban J connectivity index is 1.70. The molecule has 0 spiro atoms. The molecule has 0 aliphatic carbocycles. The van der Waals surface area contributed by atoms with Gasteiger partial charge in [0.25, 0.3) is 0 Å². The Bertz CT molecular complexity index is 1420. The summed E-state index contributed by atoms with van der Waals surface area (Å²) in [5.41, 5.74) is 4.05. The molecule has 0 fully saturated rings. The van der Waals surface area contributed by atoms with Crippen molar-refractivity contribution in [3.8, 4) is 11.1 Å². The van der Waals surface area contributed by atoms with Crippen LogP contribution in [0.5, 0.6) is 0 Å². The third kappa shape index (κ3) is 6.83. The van der Waals surface area contributed by atoms with Gasteiger partial charge < -0.3 is 18.8 Å². The lowest BCUT2D eigenvalue weighted by atomic mass is 9.98. The van der Waals surface area contributed by atoms with Crippen molar-refractivity contribution in [3.63, 3.8) is 0 Å². The summed E-state index contributed by atoms with van der Waals surface area (Å²) in [6.45, 7) is 12.3. The fourth-order valence-corrected chi connectivity index (χ4v) is 5.23. The van der Waals surface area contributed by atoms with Crippen LogP contribution < -0.4 is 0 Å². The van der Waals surface area contributed by atoms with Gasteiger partial charge in [0.15, 0.2) is 6.04 Å². The Morgan fingerprint density at radius 2 is 1.64 bits per heavy atom. The van der Waals surface area contributed by atoms with Gasteiger partial charge >= 0.3 is 18.0 Å². The van der Waals surface area contributed by atoms with Crippen LogP contribution in [0, 0.1) is 0 Å². The summed E-state index contributed by atoms with van der Waals surface area (Å²) in [4.78, 5) is 45.4. The number of carbonyl (C=O) groups excluding carboxylic acids is 3. The van der Waals surface area contributed by atoms with Crippen molar-refractivity contribution in [1.82, 2.24) is 14.5 Å². The first-order valence-electron chi connectivity index (χ1n) is 14.7. The number of aromatic nitrogens is 2. The van der Waals surface area contributed by atoms with E-state index < -0.39 is 23.7 Å². The highest BCUT2D eigenvalue weighted by Crippen LogP contribution is 2.34. The van der Waals surface area contributed by atoms with Gasteiger partial charge in [-0.1, -0.05) is 49.4 Å². The maximum absolute atomic E-state index is 13.3. The number of imidazole rings is 1. The second kappa shape index (κ2) is 13.2. The van der Waals surface area contributed by atoms with Crippen LogP contribution in [-0.2, 0) is 38.4 Å². The van der Waals surface area contributed by atoms with Gasteiger partial charge in [0.1, 0.15) is 11.4 Å². The molecule has 2 aromatic carbocycles. The maximum atomic E-state index is 13.3. The molecule has 1 aliphatic rings. The maximum Gasteiger partial charge on any atom is 0.410 e. The molecule has 0 radical (unpaired) electrons. The van der Waals surface area contributed by atoms with Gasteiger partial charge in [-0.3, -0.25) is 4.90 Å². The third-order valence-electron chi connectivity index (χ3n) is 6.96. The van der Waals surface area contributed by atoms with E-state index in [2.05, 4.69) is 11.5 Å². The van der Waals surface area contributed by atoms with Crippen molar-refractivity contribution in [2.45, 2.75) is 79.0 Å². The SMILES string of the molecule is CCCc1nc2c(n1Cc1ccc(-c3ccccc3C(=O)OC(C)(C)C)cc1)C(C(=O)OCC)N(C(=O)OCC)CC2. The second-order valence-corrected chi connectivity index (χ2v) is 11.2. The van der Waals surface area contributed by atoms with Gasteiger partial charge in [-0.2, -0.15) is 0 Å². The van der Waals surface area contributed by atoms with Crippen molar-refractivity contribution >= 4 is 18.0 Å². The normalized spacial score (nSPS) is 14.7. The molecule has 0 bridgehead atoms. The third-order valence-corrected chi connectivity index (χ3v) is 6.96. The Hall–Kier alpha value is -4.14. The lowest BCUT2D eigenvalue weighted by Crippen LogP contribution is -2.45. The number of fused-ring (bicyclic) bond motifs is 1. The number of esters is 2. The van der Waals surface area contributed by atoms with Crippen LogP contribution in [-0.4, -0.2) is 57.8 Å². The molecule has 42 heavy (non-hydrogen) atoms. The largest absolute Gasteiger partial charge is 0.464 e. The average Bonchev–Trinajstić information content (AvgIpc) is 3.29. The number of ether oxygens (including phenoxy) is 3. The van der Waals surface area contributed by atoms with E-state index in [9.17, 15) is 14.4 Å². The van der Waals surface area contributed by atoms with Crippen LogP contribution >= 0.6 is 0 Å². The topological polar surface area (TPSA) is 100.0 Å². The number of benzene rings is 2. The van der Waals surface area contributed by atoms with E-state index in [0.29, 0.717) is 30.8 Å². The number of rotatable bonds is 9. The number of nitrogens with zero attached hydrogens (tertiary/aromatic N) is 3. The number of amides is 1. The Morgan fingerprint density at radius 3 is 2.29 bits per heavy atom. The summed E-state index contributed by atoms with van der Waals surface area (Å²) in [6.07, 6.45) is 1.58. The van der Waals surface area contributed by atoms with Gasteiger partial charge in [0.2, 0.25) is 0 Å². The molecule has 0 saturated heterocycles. The minimum absolute atomic E-state index is 0.198. The molecule has 1 atom stereocenters. The number of hydrogen-bond acceptors (Lipinski definition) is 7. The quantitative estimate of drug-likeness (QED) is 0.224. The van der Waals surface area contributed by atoms with Crippen LogP contribution in [0.1, 0.15) is 87.1 Å². The summed E-state index contributed by atoms with van der Waals surface area (Å²) >= 11 is 0. The van der Waals surface area contributed by atoms with Crippen LogP contribution in [0.2, 0.25) is 0 Å². The second-order valence-electron chi connectivity index (χ2n) is 11.2. The highest BCUT2D eigenvalue weighted by atomic mass is 16.6. The van der Waals surface area contributed by atoms with Gasteiger partial charge in [-0.15, -0.1) is 0 Å². The average molecular weight is 576 g/mol. The molecular weight excluding hydrogens is 534 g/mol. The first-order chi connectivity index (χ1) is 20.1. The summed E-state index contributed by atoms with van der Waals surface area (Å²) in [5, 5.41) is 0. The van der Waals surface area contributed by atoms with Crippen LogP contribution in [0.4, 0.5) is 4.79 Å². The van der Waals surface area contributed by atoms with Crippen molar-refractivity contribution in [1.29, 1.82) is 0 Å². The van der Waals surface area contributed by atoms with Gasteiger partial charge in [-0.05, 0) is 63.8 Å². The lowest BCUT2D eigenvalue weighted by molar-refractivity contribution is -0.150. The fourth-order valence-electron chi connectivity index (χ4n) is 5.23. The van der Waals surface area contributed by atoms with Crippen molar-refractivity contribution in [2.75, 3.05) is 19.8 Å². The molecule has 1 unspecified atom stereocenters. The van der Waals surface area contributed by atoms with Crippen LogP contribution in [0.25, 0.3) is 11.1 Å². The highest BCUT2D eigenvalue weighted by Gasteiger charge is 2.42. The molecule has 1 aliphatic heterocycles. The minimum atomic E-state index is -0.939. The van der Waals surface area contributed by atoms with E-state index in [0.717, 1.165) is 41.1 Å². The first-order valence-corrected chi connectivity index (χ1v) is 14.7. The van der Waals surface area contributed by atoms with E-state index in [1.807, 2.05) is 63.2 Å². The summed E-state index contributed by atoms with van der Waals surface area (Å²) in [5.74, 6) is -0.000701. The Labute approximate surface area is 247 Å². The Kier molecular flexibility index (Phi) is 9.70. The standard InChI is InChI=1S/C33H41N3O6/c1-7-12-27-34-26-19-20-35(32(39)41-9-3)29(31(38)40-8-2)28(26)36(27)21-22-15-17-23(18-16-22)24-13-10-11-14-25(24)30(37)42-33(4,5)6/h10-11,13-18,29H,7-9,12,19-21H2,1-6H3. The predicted molar refractivity (Wildman–Crippen MR) is 159 cm³/mol. The zero-order chi connectivity index (χ0) is 30.4. The molecule has 1 aromatic heterocycles.